The number of primary amides is 1. The van der Waals surface area contributed by atoms with Gasteiger partial charge >= 0.3 is 0 Å². The number of carbonyl (C=O) groups is 3. The second-order valence-electron chi connectivity index (χ2n) is 12.1. The van der Waals surface area contributed by atoms with E-state index in [1.54, 1.807) is 18.3 Å². The van der Waals surface area contributed by atoms with Crippen LogP contribution < -0.4 is 26.0 Å². The Hall–Kier alpha value is -4.89. The van der Waals surface area contributed by atoms with Gasteiger partial charge in [0.1, 0.15) is 17.6 Å². The third-order valence-electron chi connectivity index (χ3n) is 8.09. The van der Waals surface area contributed by atoms with Crippen LogP contribution >= 0.6 is 0 Å². The van der Waals surface area contributed by atoms with Crippen LogP contribution in [0, 0.1) is 0 Å². The molecule has 0 bridgehead atoms. The summed E-state index contributed by atoms with van der Waals surface area (Å²) in [6.07, 6.45) is 3.04. The summed E-state index contributed by atoms with van der Waals surface area (Å²) >= 11 is 0. The molecule has 5 rings (SSSR count). The first-order chi connectivity index (χ1) is 21.6. The van der Waals surface area contributed by atoms with Crippen LogP contribution in [0.1, 0.15) is 49.1 Å². The number of hydrogen-bond acceptors (Lipinski definition) is 6. The van der Waals surface area contributed by atoms with Crippen molar-refractivity contribution >= 4 is 23.4 Å². The van der Waals surface area contributed by atoms with Gasteiger partial charge in [-0.1, -0.05) is 48.5 Å². The normalized spacial score (nSPS) is 14.9. The van der Waals surface area contributed by atoms with Crippen LogP contribution in [0.3, 0.4) is 0 Å². The Labute approximate surface area is 263 Å². The molecule has 3 aromatic carbocycles. The van der Waals surface area contributed by atoms with E-state index in [4.69, 9.17) is 14.9 Å². The first-order valence-electron chi connectivity index (χ1n) is 15.1. The summed E-state index contributed by atoms with van der Waals surface area (Å²) in [6, 6.07) is 24.4. The van der Waals surface area contributed by atoms with Crippen molar-refractivity contribution in [2.45, 2.75) is 64.2 Å². The maximum absolute atomic E-state index is 14.1. The van der Waals surface area contributed by atoms with E-state index in [1.807, 2.05) is 92.7 Å². The first kappa shape index (κ1) is 31.5. The van der Waals surface area contributed by atoms with Crippen molar-refractivity contribution in [1.29, 1.82) is 0 Å². The largest absolute Gasteiger partial charge is 0.497 e. The average Bonchev–Trinajstić information content (AvgIpc) is 3.51. The van der Waals surface area contributed by atoms with E-state index < -0.39 is 11.6 Å². The number of fused-ring (bicyclic) bond motifs is 1. The molecule has 1 aliphatic rings. The second-order valence-corrected chi connectivity index (χ2v) is 12.1. The van der Waals surface area contributed by atoms with Crippen molar-refractivity contribution in [1.82, 2.24) is 10.6 Å². The number of methoxy groups -OCH3 is 1. The predicted octanol–water partition coefficient (Wildman–Crippen LogP) is 4.91. The number of amides is 3. The molecular formula is C36H40N4O5. The zero-order valence-corrected chi connectivity index (χ0v) is 26.0. The molecule has 0 spiro atoms. The van der Waals surface area contributed by atoms with Crippen LogP contribution in [-0.4, -0.2) is 36.4 Å². The number of hydrogen-bond donors (Lipinski definition) is 3. The zero-order valence-electron chi connectivity index (χ0n) is 26.0. The number of aryl methyl sites for hydroxylation is 1. The molecule has 0 aliphatic carbocycles. The molecule has 0 saturated heterocycles. The molecule has 0 saturated carbocycles. The number of nitrogens with two attached hydrogens (primary N) is 1. The number of rotatable bonds is 12. The lowest BCUT2D eigenvalue weighted by Gasteiger charge is -2.29. The van der Waals surface area contributed by atoms with Crippen molar-refractivity contribution < 1.29 is 23.5 Å². The number of nitrogens with zero attached hydrogens (tertiary/aromatic N) is 1. The van der Waals surface area contributed by atoms with E-state index in [-0.39, 0.29) is 30.6 Å². The van der Waals surface area contributed by atoms with Gasteiger partial charge in [-0.2, -0.15) is 0 Å². The summed E-state index contributed by atoms with van der Waals surface area (Å²) in [5.41, 5.74) is 10.4. The molecule has 4 N–H and O–H groups in total. The first-order valence-corrected chi connectivity index (χ1v) is 15.1. The third-order valence-corrected chi connectivity index (χ3v) is 8.09. The molecule has 3 amide bonds. The highest BCUT2D eigenvalue weighted by molar-refractivity contribution is 6.00. The molecule has 45 heavy (non-hydrogen) atoms. The van der Waals surface area contributed by atoms with Gasteiger partial charge in [0.15, 0.2) is 0 Å². The molecule has 1 aromatic heterocycles. The monoisotopic (exact) mass is 608 g/mol. The summed E-state index contributed by atoms with van der Waals surface area (Å²) < 4.78 is 10.9. The Bertz CT molecular complexity index is 1650. The maximum Gasteiger partial charge on any atom is 0.249 e. The number of anilines is 1. The summed E-state index contributed by atoms with van der Waals surface area (Å²) in [6.45, 7) is 4.73. The Morgan fingerprint density at radius 2 is 1.82 bits per heavy atom. The van der Waals surface area contributed by atoms with Crippen molar-refractivity contribution in [3.8, 4) is 16.9 Å². The van der Waals surface area contributed by atoms with Crippen LogP contribution in [-0.2, 0) is 40.3 Å². The van der Waals surface area contributed by atoms with E-state index >= 15 is 0 Å². The summed E-state index contributed by atoms with van der Waals surface area (Å²) in [4.78, 5) is 40.7. The summed E-state index contributed by atoms with van der Waals surface area (Å²) in [7, 11) is 1.62. The van der Waals surface area contributed by atoms with Gasteiger partial charge in [-0.25, -0.2) is 0 Å². The molecule has 9 nitrogen and oxygen atoms in total. The fraction of sp³-hybridized carbons (Fsp3) is 0.306. The lowest BCUT2D eigenvalue weighted by Crippen LogP contribution is -2.50. The van der Waals surface area contributed by atoms with Crippen LogP contribution in [0.15, 0.2) is 89.5 Å². The van der Waals surface area contributed by atoms with E-state index in [9.17, 15) is 14.4 Å². The minimum atomic E-state index is -0.684. The van der Waals surface area contributed by atoms with Crippen molar-refractivity contribution in [3.63, 3.8) is 0 Å². The Morgan fingerprint density at radius 1 is 1.04 bits per heavy atom. The minimum absolute atomic E-state index is 0.158. The smallest absolute Gasteiger partial charge is 0.249 e. The molecule has 1 aliphatic heterocycles. The molecule has 4 aromatic rings. The lowest BCUT2D eigenvalue weighted by atomic mass is 9.96. The Balaban J connectivity index is 1.34. The minimum Gasteiger partial charge on any atom is -0.497 e. The van der Waals surface area contributed by atoms with E-state index in [0.29, 0.717) is 31.7 Å². The third kappa shape index (κ3) is 7.99. The van der Waals surface area contributed by atoms with Gasteiger partial charge in [0.2, 0.25) is 17.7 Å². The van der Waals surface area contributed by atoms with Gasteiger partial charge in [-0.15, -0.1) is 0 Å². The van der Waals surface area contributed by atoms with Gasteiger partial charge in [0, 0.05) is 17.6 Å². The molecule has 2 heterocycles. The maximum atomic E-state index is 14.1. The number of nitrogens with one attached hydrogen (secondary N) is 2. The molecule has 9 heteroatoms. The molecular weight excluding hydrogens is 568 g/mol. The topological polar surface area (TPSA) is 127 Å². The number of ether oxygens (including phenoxy) is 1. The molecule has 1 atom stereocenters. The van der Waals surface area contributed by atoms with Crippen LogP contribution in [0.25, 0.3) is 11.1 Å². The van der Waals surface area contributed by atoms with Crippen molar-refractivity contribution in [2.24, 2.45) is 5.73 Å². The Kier molecular flexibility index (Phi) is 9.68. The van der Waals surface area contributed by atoms with Gasteiger partial charge in [-0.05, 0) is 84.8 Å². The van der Waals surface area contributed by atoms with Gasteiger partial charge in [0.05, 0.1) is 32.9 Å². The Morgan fingerprint density at radius 3 is 2.53 bits per heavy atom. The predicted molar refractivity (Wildman–Crippen MR) is 173 cm³/mol. The molecule has 0 unspecified atom stereocenters. The van der Waals surface area contributed by atoms with Crippen molar-refractivity contribution in [3.05, 3.63) is 108 Å². The van der Waals surface area contributed by atoms with E-state index in [2.05, 4.69) is 10.6 Å². The molecule has 0 radical (unpaired) electrons. The summed E-state index contributed by atoms with van der Waals surface area (Å²) in [5, 5.41) is 6.39. The highest BCUT2D eigenvalue weighted by Crippen LogP contribution is 2.32. The highest BCUT2D eigenvalue weighted by Gasteiger charge is 2.33. The fourth-order valence-corrected chi connectivity index (χ4v) is 5.74. The zero-order chi connectivity index (χ0) is 32.0. The quantitative estimate of drug-likeness (QED) is 0.210. The van der Waals surface area contributed by atoms with Crippen LogP contribution in [0.4, 0.5) is 5.69 Å². The van der Waals surface area contributed by atoms with Crippen molar-refractivity contribution in [2.75, 3.05) is 12.0 Å². The number of carbonyl (C=O) groups excluding carboxylic acids is 3. The SMILES string of the molecule is COc1ccc2c(c1)CC[C@@H](NC(=O)CC(C)(C)NCc1ccco1)C(=O)N2Cc1ccc(-c2ccccc2CC(N)=O)cc1. The number of benzene rings is 3. The van der Waals surface area contributed by atoms with Gasteiger partial charge in [-0.3, -0.25) is 14.4 Å². The van der Waals surface area contributed by atoms with E-state index in [0.717, 1.165) is 39.3 Å². The standard InChI is InChI=1S/C36H40N4O5/c1-36(2,38-22-29-8-6-18-45-29)21-34(42)39-31-16-14-27-19-28(44-3)15-17-32(27)40(35(31)43)23-24-10-12-25(13-11-24)30-9-5-4-7-26(30)20-33(37)41/h4-13,15,17-19,31,38H,14,16,20-23H2,1-3H3,(H2,37,41)(H,39,42)/t31-/m1/s1. The lowest BCUT2D eigenvalue weighted by molar-refractivity contribution is -0.128. The molecule has 234 valence electrons. The average molecular weight is 609 g/mol. The number of furan rings is 1. The molecule has 0 fully saturated rings. The summed E-state index contributed by atoms with van der Waals surface area (Å²) in [5.74, 6) is 0.753. The highest BCUT2D eigenvalue weighted by atomic mass is 16.5. The van der Waals surface area contributed by atoms with Crippen LogP contribution in [0.5, 0.6) is 5.75 Å². The fourth-order valence-electron chi connectivity index (χ4n) is 5.74. The second kappa shape index (κ2) is 13.8. The van der Waals surface area contributed by atoms with Gasteiger partial charge in [0.25, 0.3) is 0 Å². The van der Waals surface area contributed by atoms with Crippen LogP contribution in [0.2, 0.25) is 0 Å². The van der Waals surface area contributed by atoms with E-state index in [1.165, 1.54) is 0 Å². The van der Waals surface area contributed by atoms with Gasteiger partial charge < -0.3 is 30.4 Å².